The second-order valence-electron chi connectivity index (χ2n) is 17.4. The lowest BCUT2D eigenvalue weighted by Crippen LogP contribution is -2.32. The predicted octanol–water partition coefficient (Wildman–Crippen LogP) is 14.2. The van der Waals surface area contributed by atoms with Crippen molar-refractivity contribution in [3.8, 4) is 22.3 Å². The third kappa shape index (κ3) is 5.44. The SMILES string of the molecule is CCCCn1c(C)c(-c2ccc3c(c2-c2c(C)n(CCCC)c4ccccc24)C(c2c(C)n(CC)c4ccccc24)(c2c(C)n(CC)c4ccccc24)OC3=O)c2ccccc21. The minimum Gasteiger partial charge on any atom is -0.440 e. The Morgan fingerprint density at radius 3 is 1.31 bits per heavy atom. The number of hydrogen-bond acceptors (Lipinski definition) is 2. The van der Waals surface area contributed by atoms with Crippen LogP contribution in [0.15, 0.2) is 109 Å². The highest BCUT2D eigenvalue weighted by molar-refractivity contribution is 6.12. The van der Waals surface area contributed by atoms with Crippen LogP contribution in [0.3, 0.4) is 0 Å². The monoisotopic (exact) mass is 818 g/mol. The van der Waals surface area contributed by atoms with Gasteiger partial charge in [0.1, 0.15) is 0 Å². The topological polar surface area (TPSA) is 46.0 Å². The first kappa shape index (κ1) is 39.8. The van der Waals surface area contributed by atoms with E-state index in [0.717, 1.165) is 113 Å². The molecule has 0 amide bonds. The van der Waals surface area contributed by atoms with Crippen molar-refractivity contribution in [3.05, 3.63) is 154 Å². The number of hydrogen-bond donors (Lipinski definition) is 0. The van der Waals surface area contributed by atoms with Crippen LogP contribution in [-0.2, 0) is 36.5 Å². The Morgan fingerprint density at radius 1 is 0.435 bits per heavy atom. The van der Waals surface area contributed by atoms with Crippen LogP contribution in [0.2, 0.25) is 0 Å². The zero-order chi connectivity index (χ0) is 43.0. The highest BCUT2D eigenvalue weighted by atomic mass is 16.6. The minimum atomic E-state index is -1.31. The summed E-state index contributed by atoms with van der Waals surface area (Å²) in [6.07, 6.45) is 4.36. The Balaban J connectivity index is 1.48. The molecule has 5 heterocycles. The van der Waals surface area contributed by atoms with E-state index in [1.807, 2.05) is 0 Å². The van der Waals surface area contributed by atoms with Gasteiger partial charge in [0.2, 0.25) is 0 Å². The molecule has 9 aromatic rings. The number of fused-ring (bicyclic) bond motifs is 5. The van der Waals surface area contributed by atoms with Gasteiger partial charge in [-0.3, -0.25) is 0 Å². The molecule has 0 aliphatic carbocycles. The van der Waals surface area contributed by atoms with Gasteiger partial charge in [0.15, 0.2) is 5.60 Å². The number of benzene rings is 5. The number of aryl methyl sites for hydroxylation is 4. The molecule has 1 aliphatic heterocycles. The summed E-state index contributed by atoms with van der Waals surface area (Å²) in [4.78, 5) is 15.4. The average molecular weight is 819 g/mol. The molecule has 0 N–H and O–H groups in total. The molecule has 1 aliphatic rings. The van der Waals surface area contributed by atoms with Gasteiger partial charge in [-0.05, 0) is 90.3 Å². The highest BCUT2D eigenvalue weighted by Gasteiger charge is 2.55. The van der Waals surface area contributed by atoms with Crippen molar-refractivity contribution in [2.24, 2.45) is 0 Å². The molecule has 6 nitrogen and oxygen atoms in total. The van der Waals surface area contributed by atoms with Gasteiger partial charge < -0.3 is 23.0 Å². The zero-order valence-electron chi connectivity index (χ0n) is 37.7. The van der Waals surface area contributed by atoms with Crippen molar-refractivity contribution in [2.45, 2.75) is 113 Å². The molecule has 0 atom stereocenters. The molecule has 0 bridgehead atoms. The first-order valence-corrected chi connectivity index (χ1v) is 23.0. The van der Waals surface area contributed by atoms with E-state index in [2.05, 4.69) is 183 Å². The summed E-state index contributed by atoms with van der Waals surface area (Å²) >= 11 is 0. The number of carbonyl (C=O) groups is 1. The number of aromatic nitrogens is 4. The molecular weight excluding hydrogens is 761 g/mol. The second-order valence-corrected chi connectivity index (χ2v) is 17.4. The Kier molecular flexibility index (Phi) is 9.81. The van der Waals surface area contributed by atoms with Crippen LogP contribution >= 0.6 is 0 Å². The van der Waals surface area contributed by atoms with E-state index in [1.54, 1.807) is 0 Å². The number of nitrogens with zero attached hydrogens (tertiary/aromatic N) is 4. The van der Waals surface area contributed by atoms with Crippen molar-refractivity contribution in [1.82, 2.24) is 18.3 Å². The Hall–Kier alpha value is -6.27. The molecule has 0 unspecified atom stereocenters. The molecule has 10 rings (SSSR count). The number of ether oxygens (including phenoxy) is 1. The second kappa shape index (κ2) is 15.3. The smallest absolute Gasteiger partial charge is 0.340 e. The van der Waals surface area contributed by atoms with Crippen LogP contribution in [0.1, 0.15) is 103 Å². The number of carbonyl (C=O) groups excluding carboxylic acids is 1. The van der Waals surface area contributed by atoms with Gasteiger partial charge in [-0.1, -0.05) is 106 Å². The standard InChI is InChI=1S/C56H58N4O2/c1-9-13-33-59-35(5)49(39-23-15-19-27-45(39)59)43-31-32-44-54(51(43)50-36(6)60(34-14-10-2)46-28-20-16-24-40(46)50)56(62-55(44)61,52-37(7)57(11-3)47-29-21-17-25-41(47)52)53-38(8)58(12-4)48-30-22-18-26-42(48)53/h15-32H,9-14,33-34H2,1-8H3. The van der Waals surface area contributed by atoms with Crippen LogP contribution in [0.25, 0.3) is 65.9 Å². The van der Waals surface area contributed by atoms with Gasteiger partial charge in [-0.25, -0.2) is 4.79 Å². The fourth-order valence-electron chi connectivity index (χ4n) is 11.6. The van der Waals surface area contributed by atoms with Crippen LogP contribution in [0.5, 0.6) is 0 Å². The predicted molar refractivity (Wildman–Crippen MR) is 258 cm³/mol. The summed E-state index contributed by atoms with van der Waals surface area (Å²) in [5.41, 5.74) is 16.3. The molecule has 0 fully saturated rings. The maximum absolute atomic E-state index is 15.4. The van der Waals surface area contributed by atoms with Gasteiger partial charge in [-0.15, -0.1) is 0 Å². The molecule has 0 saturated carbocycles. The average Bonchev–Trinajstić information content (AvgIpc) is 4.02. The summed E-state index contributed by atoms with van der Waals surface area (Å²) in [6, 6.07) is 39.6. The molecule has 5 aromatic carbocycles. The minimum absolute atomic E-state index is 0.289. The molecular formula is C56H58N4O2. The van der Waals surface area contributed by atoms with Crippen molar-refractivity contribution >= 4 is 49.6 Å². The quantitative estimate of drug-likeness (QED) is 0.115. The van der Waals surface area contributed by atoms with Crippen LogP contribution in [0, 0.1) is 27.7 Å². The van der Waals surface area contributed by atoms with E-state index in [4.69, 9.17) is 4.74 Å². The van der Waals surface area contributed by atoms with E-state index < -0.39 is 5.60 Å². The third-order valence-corrected chi connectivity index (χ3v) is 14.3. The lowest BCUT2D eigenvalue weighted by molar-refractivity contribution is 0.0257. The first-order chi connectivity index (χ1) is 30.2. The normalized spacial score (nSPS) is 13.6. The Bertz CT molecular complexity index is 3150. The van der Waals surface area contributed by atoms with Crippen molar-refractivity contribution in [2.75, 3.05) is 0 Å². The number of unbranched alkanes of at least 4 members (excludes halogenated alkanes) is 2. The van der Waals surface area contributed by atoms with E-state index >= 15 is 4.79 Å². The molecule has 62 heavy (non-hydrogen) atoms. The summed E-state index contributed by atoms with van der Waals surface area (Å²) in [5, 5.41) is 4.62. The maximum Gasteiger partial charge on any atom is 0.340 e. The molecule has 314 valence electrons. The molecule has 4 aromatic heterocycles. The van der Waals surface area contributed by atoms with Crippen LogP contribution in [-0.4, -0.2) is 24.2 Å². The third-order valence-electron chi connectivity index (χ3n) is 14.3. The lowest BCUT2D eigenvalue weighted by Gasteiger charge is -2.34. The molecule has 0 radical (unpaired) electrons. The summed E-state index contributed by atoms with van der Waals surface area (Å²) in [7, 11) is 0. The summed E-state index contributed by atoms with van der Waals surface area (Å²) < 4.78 is 17.3. The fourth-order valence-corrected chi connectivity index (χ4v) is 11.6. The number of rotatable bonds is 12. The van der Waals surface area contributed by atoms with Gasteiger partial charge in [0, 0.05) is 126 Å². The number of esters is 1. The highest BCUT2D eigenvalue weighted by Crippen LogP contribution is 2.59. The summed E-state index contributed by atoms with van der Waals surface area (Å²) in [5.74, 6) is -0.289. The number of cyclic esters (lactones) is 1. The van der Waals surface area contributed by atoms with Crippen molar-refractivity contribution in [1.29, 1.82) is 0 Å². The van der Waals surface area contributed by atoms with Crippen molar-refractivity contribution in [3.63, 3.8) is 0 Å². The van der Waals surface area contributed by atoms with Gasteiger partial charge in [-0.2, -0.15) is 0 Å². The van der Waals surface area contributed by atoms with Gasteiger partial charge in [0.05, 0.1) is 5.56 Å². The molecule has 0 saturated heterocycles. The molecule has 0 spiro atoms. The summed E-state index contributed by atoms with van der Waals surface area (Å²) in [6.45, 7) is 21.5. The first-order valence-electron chi connectivity index (χ1n) is 23.0. The Labute approximate surface area is 365 Å². The van der Waals surface area contributed by atoms with E-state index in [-0.39, 0.29) is 5.97 Å². The Morgan fingerprint density at radius 2 is 0.839 bits per heavy atom. The van der Waals surface area contributed by atoms with Gasteiger partial charge in [0.25, 0.3) is 0 Å². The van der Waals surface area contributed by atoms with Crippen molar-refractivity contribution < 1.29 is 9.53 Å². The fraction of sp³-hybridized carbons (Fsp3) is 0.304. The largest absolute Gasteiger partial charge is 0.440 e. The van der Waals surface area contributed by atoms with E-state index in [9.17, 15) is 0 Å². The lowest BCUT2D eigenvalue weighted by atomic mass is 9.72. The van der Waals surface area contributed by atoms with E-state index in [0.29, 0.717) is 5.56 Å². The van der Waals surface area contributed by atoms with Crippen LogP contribution < -0.4 is 0 Å². The van der Waals surface area contributed by atoms with Crippen LogP contribution in [0.4, 0.5) is 0 Å². The number of para-hydroxylation sites is 4. The zero-order valence-corrected chi connectivity index (χ0v) is 37.7. The molecule has 6 heteroatoms. The maximum atomic E-state index is 15.4. The van der Waals surface area contributed by atoms with Gasteiger partial charge >= 0.3 is 5.97 Å². The van der Waals surface area contributed by atoms with E-state index in [1.165, 1.54) is 44.3 Å².